The molecule has 0 saturated carbocycles. The van der Waals surface area contributed by atoms with Gasteiger partial charge >= 0.3 is 0 Å². The molecule has 0 spiro atoms. The lowest BCUT2D eigenvalue weighted by molar-refractivity contribution is -0.136. The Morgan fingerprint density at radius 3 is 2.68 bits per heavy atom. The Morgan fingerprint density at radius 2 is 1.93 bits per heavy atom. The van der Waals surface area contributed by atoms with Crippen LogP contribution in [0.4, 0.5) is 0 Å². The second-order valence-electron chi connectivity index (χ2n) is 7.56. The quantitative estimate of drug-likeness (QED) is 0.631. The number of nitrogens with zero attached hydrogens (tertiary/aromatic N) is 1. The Labute approximate surface area is 163 Å². The minimum atomic E-state index is -0.933. The van der Waals surface area contributed by atoms with Crippen molar-refractivity contribution in [1.29, 1.82) is 0 Å². The van der Waals surface area contributed by atoms with Crippen LogP contribution in [0.3, 0.4) is 0 Å². The first-order chi connectivity index (χ1) is 13.6. The van der Waals surface area contributed by atoms with E-state index < -0.39 is 23.8 Å². The Bertz CT molecular complexity index is 831. The number of nitrogens with one attached hydrogen (secondary N) is 3. The predicted octanol–water partition coefficient (Wildman–Crippen LogP) is 0.320. The number of carbonyl (C=O) groups is 4. The predicted molar refractivity (Wildman–Crippen MR) is 100 cm³/mol. The number of hydrogen-bond acceptors (Lipinski definition) is 6. The molecular formula is C20H24N4O4. The van der Waals surface area contributed by atoms with E-state index in [0.717, 1.165) is 30.0 Å². The van der Waals surface area contributed by atoms with E-state index >= 15 is 0 Å². The van der Waals surface area contributed by atoms with E-state index in [1.807, 2.05) is 6.07 Å². The highest BCUT2D eigenvalue weighted by atomic mass is 16.2. The van der Waals surface area contributed by atoms with Gasteiger partial charge < -0.3 is 10.6 Å². The van der Waals surface area contributed by atoms with Gasteiger partial charge in [0.1, 0.15) is 6.04 Å². The van der Waals surface area contributed by atoms with E-state index in [9.17, 15) is 19.2 Å². The maximum Gasteiger partial charge on any atom is 0.262 e. The number of amides is 4. The molecule has 1 aromatic rings. The zero-order valence-electron chi connectivity index (χ0n) is 15.6. The van der Waals surface area contributed by atoms with Gasteiger partial charge in [-0.15, -0.1) is 0 Å². The van der Waals surface area contributed by atoms with Crippen molar-refractivity contribution in [3.05, 3.63) is 34.9 Å². The molecule has 2 fully saturated rings. The molecular weight excluding hydrogens is 360 g/mol. The number of fused-ring (bicyclic) bond motifs is 1. The Hall–Kier alpha value is -2.58. The smallest absolute Gasteiger partial charge is 0.262 e. The van der Waals surface area contributed by atoms with E-state index in [4.69, 9.17) is 0 Å². The molecule has 4 rings (SSSR count). The van der Waals surface area contributed by atoms with Crippen LogP contribution in [-0.2, 0) is 16.1 Å². The number of hydrogen-bond donors (Lipinski definition) is 3. The first-order valence-corrected chi connectivity index (χ1v) is 9.84. The minimum Gasteiger partial charge on any atom is -0.313 e. The van der Waals surface area contributed by atoms with Gasteiger partial charge in [0, 0.05) is 25.6 Å². The normalized spacial score (nSPS) is 25.1. The van der Waals surface area contributed by atoms with Crippen LogP contribution in [0.15, 0.2) is 18.2 Å². The van der Waals surface area contributed by atoms with E-state index in [-0.39, 0.29) is 18.7 Å². The molecule has 8 heteroatoms. The molecule has 4 amide bonds. The van der Waals surface area contributed by atoms with Gasteiger partial charge in [-0.05, 0) is 37.4 Å². The summed E-state index contributed by atoms with van der Waals surface area (Å²) in [6.45, 7) is 2.30. The lowest BCUT2D eigenvalue weighted by Crippen LogP contribution is -2.54. The van der Waals surface area contributed by atoms with Crippen molar-refractivity contribution >= 4 is 23.6 Å². The van der Waals surface area contributed by atoms with Crippen LogP contribution in [0.25, 0.3) is 0 Å². The molecule has 3 aliphatic rings. The Balaban J connectivity index is 1.49. The van der Waals surface area contributed by atoms with Gasteiger partial charge in [-0.2, -0.15) is 0 Å². The summed E-state index contributed by atoms with van der Waals surface area (Å²) < 4.78 is 0. The summed E-state index contributed by atoms with van der Waals surface area (Å²) in [6, 6.07) is 4.70. The summed E-state index contributed by atoms with van der Waals surface area (Å²) in [5.74, 6) is -1.89. The first-order valence-electron chi connectivity index (χ1n) is 9.84. The fraction of sp³-hybridized carbons (Fsp3) is 0.500. The fourth-order valence-corrected chi connectivity index (χ4v) is 4.21. The van der Waals surface area contributed by atoms with Gasteiger partial charge in [0.2, 0.25) is 11.8 Å². The molecule has 2 saturated heterocycles. The van der Waals surface area contributed by atoms with Crippen molar-refractivity contribution in [2.45, 2.75) is 50.7 Å². The standard InChI is InChI=1S/C20H24N4O4/c25-16-8-7-15(18(26)23-16)24-19(27)14-6-3-4-12(17(14)20(24)28)10-21-11-13-5-1-2-9-22-13/h3-4,6,13,15,21-22H,1-2,5,7-11H2,(H,23,25,26)/t13-,15?/m0/s1. The third kappa shape index (κ3) is 3.45. The molecule has 1 unspecified atom stereocenters. The van der Waals surface area contributed by atoms with Gasteiger partial charge in [0.05, 0.1) is 11.1 Å². The van der Waals surface area contributed by atoms with E-state index in [1.165, 1.54) is 12.8 Å². The second-order valence-corrected chi connectivity index (χ2v) is 7.56. The molecule has 3 N–H and O–H groups in total. The molecule has 148 valence electrons. The topological polar surface area (TPSA) is 108 Å². The van der Waals surface area contributed by atoms with Crippen LogP contribution in [0.1, 0.15) is 58.4 Å². The van der Waals surface area contributed by atoms with Gasteiger partial charge in [-0.25, -0.2) is 0 Å². The Kier molecular flexibility index (Phi) is 5.23. The third-order valence-electron chi connectivity index (χ3n) is 5.67. The minimum absolute atomic E-state index is 0.118. The van der Waals surface area contributed by atoms with E-state index in [1.54, 1.807) is 12.1 Å². The summed E-state index contributed by atoms with van der Waals surface area (Å²) in [4.78, 5) is 50.4. The van der Waals surface area contributed by atoms with Crippen LogP contribution in [0.5, 0.6) is 0 Å². The number of rotatable bonds is 5. The van der Waals surface area contributed by atoms with Crippen molar-refractivity contribution in [3.8, 4) is 0 Å². The highest BCUT2D eigenvalue weighted by Gasteiger charge is 2.45. The molecule has 8 nitrogen and oxygen atoms in total. The van der Waals surface area contributed by atoms with Crippen LogP contribution in [-0.4, -0.2) is 53.7 Å². The van der Waals surface area contributed by atoms with Crippen molar-refractivity contribution in [2.24, 2.45) is 0 Å². The highest BCUT2D eigenvalue weighted by molar-refractivity contribution is 6.24. The van der Waals surface area contributed by atoms with Crippen molar-refractivity contribution in [2.75, 3.05) is 13.1 Å². The SMILES string of the molecule is O=C1CCC(N2C(=O)c3cccc(CNC[C@@H]4CCCCN4)c3C2=O)C(=O)N1. The van der Waals surface area contributed by atoms with Crippen LogP contribution >= 0.6 is 0 Å². The number of imide groups is 2. The molecule has 28 heavy (non-hydrogen) atoms. The lowest BCUT2D eigenvalue weighted by Gasteiger charge is -2.27. The monoisotopic (exact) mass is 384 g/mol. The molecule has 0 bridgehead atoms. The van der Waals surface area contributed by atoms with Crippen molar-refractivity contribution in [3.63, 3.8) is 0 Å². The van der Waals surface area contributed by atoms with Gasteiger partial charge in [0.25, 0.3) is 11.8 Å². The van der Waals surface area contributed by atoms with Gasteiger partial charge in [-0.3, -0.25) is 29.4 Å². The largest absolute Gasteiger partial charge is 0.313 e. The van der Waals surface area contributed by atoms with Crippen LogP contribution in [0.2, 0.25) is 0 Å². The number of carbonyl (C=O) groups excluding carboxylic acids is 4. The molecule has 3 aliphatic heterocycles. The van der Waals surface area contributed by atoms with Gasteiger partial charge in [0.15, 0.2) is 0 Å². The molecule has 0 aromatic heterocycles. The van der Waals surface area contributed by atoms with Crippen LogP contribution in [0, 0.1) is 0 Å². The maximum absolute atomic E-state index is 13.0. The van der Waals surface area contributed by atoms with Crippen molar-refractivity contribution < 1.29 is 19.2 Å². The zero-order valence-corrected chi connectivity index (χ0v) is 15.6. The zero-order chi connectivity index (χ0) is 19.7. The molecule has 2 atom stereocenters. The second kappa shape index (κ2) is 7.81. The highest BCUT2D eigenvalue weighted by Crippen LogP contribution is 2.29. The number of piperidine rings is 2. The van der Waals surface area contributed by atoms with Crippen LogP contribution < -0.4 is 16.0 Å². The molecule has 0 radical (unpaired) electrons. The third-order valence-corrected chi connectivity index (χ3v) is 5.67. The summed E-state index contributed by atoms with van der Waals surface area (Å²) >= 11 is 0. The summed E-state index contributed by atoms with van der Waals surface area (Å²) in [5, 5.41) is 9.06. The van der Waals surface area contributed by atoms with E-state index in [0.29, 0.717) is 23.7 Å². The summed E-state index contributed by atoms with van der Waals surface area (Å²) in [7, 11) is 0. The average molecular weight is 384 g/mol. The Morgan fingerprint density at radius 1 is 1.07 bits per heavy atom. The molecule has 3 heterocycles. The lowest BCUT2D eigenvalue weighted by atomic mass is 10.0. The number of benzene rings is 1. The first kappa shape index (κ1) is 18.8. The fourth-order valence-electron chi connectivity index (χ4n) is 4.21. The molecule has 0 aliphatic carbocycles. The average Bonchev–Trinajstić information content (AvgIpc) is 2.94. The van der Waals surface area contributed by atoms with E-state index in [2.05, 4.69) is 16.0 Å². The van der Waals surface area contributed by atoms with Gasteiger partial charge in [-0.1, -0.05) is 18.6 Å². The van der Waals surface area contributed by atoms with Crippen molar-refractivity contribution in [1.82, 2.24) is 20.9 Å². The summed E-state index contributed by atoms with van der Waals surface area (Å²) in [6.07, 6.45) is 3.83. The summed E-state index contributed by atoms with van der Waals surface area (Å²) in [5.41, 5.74) is 1.44. The maximum atomic E-state index is 13.0. The molecule has 1 aromatic carbocycles.